The molecule has 1 aromatic carbocycles. The number of rotatable bonds is 5. The Kier molecular flexibility index (Phi) is 5.01. The van der Waals surface area contributed by atoms with E-state index in [1.165, 1.54) is 45.6 Å². The van der Waals surface area contributed by atoms with Crippen molar-refractivity contribution < 1.29 is 22.4 Å². The summed E-state index contributed by atoms with van der Waals surface area (Å²) in [6, 6.07) is 5.86. The number of H-pyrrole nitrogens is 1. The van der Waals surface area contributed by atoms with Crippen LogP contribution in [0.1, 0.15) is 15.9 Å². The van der Waals surface area contributed by atoms with Crippen LogP contribution in [0.3, 0.4) is 0 Å². The monoisotopic (exact) mass is 405 g/mol. The molecule has 9 nitrogen and oxygen atoms in total. The van der Waals surface area contributed by atoms with Crippen LogP contribution in [0, 0.1) is 6.92 Å². The average molecular weight is 405 g/mol. The van der Waals surface area contributed by atoms with E-state index in [0.717, 1.165) is 4.31 Å². The van der Waals surface area contributed by atoms with Crippen molar-refractivity contribution in [2.24, 2.45) is 0 Å². The van der Waals surface area contributed by atoms with Crippen molar-refractivity contribution in [3.8, 4) is 5.75 Å². The first-order valence-electron chi connectivity index (χ1n) is 8.19. The average Bonchev–Trinajstić information content (AvgIpc) is 3.10. The SMILES string of the molecule is COc1ccc(C(=O)Nc2cc[nH]c(=O)c2C)c2cc(S(=O)(=O)N(C)C)oc12. The summed E-state index contributed by atoms with van der Waals surface area (Å²) in [7, 11) is 0.326. The van der Waals surface area contributed by atoms with Crippen molar-refractivity contribution in [3.63, 3.8) is 0 Å². The number of ether oxygens (including phenoxy) is 1. The lowest BCUT2D eigenvalue weighted by atomic mass is 10.1. The van der Waals surface area contributed by atoms with Crippen LogP contribution in [0.2, 0.25) is 0 Å². The zero-order valence-corrected chi connectivity index (χ0v) is 16.5. The van der Waals surface area contributed by atoms with Gasteiger partial charge in [-0.3, -0.25) is 9.59 Å². The lowest BCUT2D eigenvalue weighted by Crippen LogP contribution is -2.21. The standard InChI is InChI=1S/C18H19N3O6S/c1-10-13(7-8-19-17(10)22)20-18(23)11-5-6-14(26-4)16-12(11)9-15(27-16)28(24,25)21(2)3/h5-9H,1-4H3,(H2,19,20,22,23). The molecule has 0 saturated carbocycles. The highest BCUT2D eigenvalue weighted by Crippen LogP contribution is 2.34. The number of hydrogen-bond acceptors (Lipinski definition) is 6. The van der Waals surface area contributed by atoms with E-state index < -0.39 is 15.9 Å². The lowest BCUT2D eigenvalue weighted by Gasteiger charge is -2.09. The number of aromatic amines is 1. The summed E-state index contributed by atoms with van der Waals surface area (Å²) in [6.07, 6.45) is 1.42. The minimum absolute atomic E-state index is 0.137. The van der Waals surface area contributed by atoms with Gasteiger partial charge in [-0.25, -0.2) is 12.7 Å². The van der Waals surface area contributed by atoms with E-state index in [2.05, 4.69) is 10.3 Å². The number of amides is 1. The van der Waals surface area contributed by atoms with E-state index in [0.29, 0.717) is 17.0 Å². The molecule has 2 aromatic heterocycles. The normalized spacial score (nSPS) is 11.8. The highest BCUT2D eigenvalue weighted by atomic mass is 32.2. The van der Waals surface area contributed by atoms with Gasteiger partial charge in [0.25, 0.3) is 21.5 Å². The second kappa shape index (κ2) is 7.13. The van der Waals surface area contributed by atoms with E-state index in [1.807, 2.05) is 0 Å². The fourth-order valence-corrected chi connectivity index (χ4v) is 3.44. The molecule has 0 unspecified atom stereocenters. The van der Waals surface area contributed by atoms with Gasteiger partial charge in [0.1, 0.15) is 0 Å². The number of fused-ring (bicyclic) bond motifs is 1. The van der Waals surface area contributed by atoms with Gasteiger partial charge in [-0.15, -0.1) is 0 Å². The summed E-state index contributed by atoms with van der Waals surface area (Å²) in [5.74, 6) is -0.227. The Morgan fingerprint density at radius 2 is 1.96 bits per heavy atom. The van der Waals surface area contributed by atoms with E-state index in [1.54, 1.807) is 13.0 Å². The third-order valence-corrected chi connectivity index (χ3v) is 5.95. The van der Waals surface area contributed by atoms with Gasteiger partial charge in [-0.05, 0) is 25.1 Å². The molecule has 0 aliphatic heterocycles. The molecule has 1 amide bonds. The van der Waals surface area contributed by atoms with Crippen molar-refractivity contribution in [2.45, 2.75) is 12.0 Å². The molecule has 2 N–H and O–H groups in total. The zero-order chi connectivity index (χ0) is 20.6. The largest absolute Gasteiger partial charge is 0.493 e. The number of nitrogens with zero attached hydrogens (tertiary/aromatic N) is 1. The Balaban J connectivity index is 2.13. The zero-order valence-electron chi connectivity index (χ0n) is 15.7. The summed E-state index contributed by atoms with van der Waals surface area (Å²) in [6.45, 7) is 1.58. The van der Waals surface area contributed by atoms with Crippen LogP contribution in [-0.4, -0.2) is 44.8 Å². The van der Waals surface area contributed by atoms with Crippen LogP contribution in [0.4, 0.5) is 5.69 Å². The number of anilines is 1. The van der Waals surface area contributed by atoms with Gasteiger partial charge in [0.05, 0.1) is 18.4 Å². The summed E-state index contributed by atoms with van der Waals surface area (Å²) in [4.78, 5) is 27.1. The Labute approximate surface area is 161 Å². The Morgan fingerprint density at radius 1 is 1.25 bits per heavy atom. The molecule has 0 fully saturated rings. The summed E-state index contributed by atoms with van der Waals surface area (Å²) < 4.78 is 36.6. The number of benzene rings is 1. The minimum atomic E-state index is -3.84. The predicted octanol–water partition coefficient (Wildman–Crippen LogP) is 1.94. The molecule has 28 heavy (non-hydrogen) atoms. The fraction of sp³-hybridized carbons (Fsp3) is 0.222. The van der Waals surface area contributed by atoms with Crippen molar-refractivity contribution in [2.75, 3.05) is 26.5 Å². The number of aromatic nitrogens is 1. The Hall–Kier alpha value is -3.11. The summed E-state index contributed by atoms with van der Waals surface area (Å²) in [5, 5.41) is 2.64. The van der Waals surface area contributed by atoms with E-state index >= 15 is 0 Å². The highest BCUT2D eigenvalue weighted by molar-refractivity contribution is 7.89. The maximum atomic E-state index is 12.8. The van der Waals surface area contributed by atoms with Crippen molar-refractivity contribution in [3.05, 3.63) is 51.9 Å². The molecule has 0 atom stereocenters. The van der Waals surface area contributed by atoms with Crippen LogP contribution in [0.25, 0.3) is 11.0 Å². The van der Waals surface area contributed by atoms with Crippen LogP contribution in [0.15, 0.2) is 44.8 Å². The molecule has 0 bridgehead atoms. The molecule has 0 aliphatic carbocycles. The quantitative estimate of drug-likeness (QED) is 0.669. The summed E-state index contributed by atoms with van der Waals surface area (Å²) in [5.41, 5.74) is 0.698. The first kappa shape index (κ1) is 19.6. The van der Waals surface area contributed by atoms with Gasteiger partial charge < -0.3 is 19.5 Å². The van der Waals surface area contributed by atoms with Crippen LogP contribution in [-0.2, 0) is 10.0 Å². The van der Waals surface area contributed by atoms with Gasteiger partial charge in [0.2, 0.25) is 5.09 Å². The smallest absolute Gasteiger partial charge is 0.275 e. The van der Waals surface area contributed by atoms with Gasteiger partial charge in [-0.2, -0.15) is 0 Å². The van der Waals surface area contributed by atoms with Crippen molar-refractivity contribution in [1.82, 2.24) is 9.29 Å². The number of carbonyl (C=O) groups is 1. The van der Waals surface area contributed by atoms with Gasteiger partial charge in [-0.1, -0.05) is 0 Å². The predicted molar refractivity (Wildman–Crippen MR) is 103 cm³/mol. The fourth-order valence-electron chi connectivity index (χ4n) is 2.62. The number of sulfonamides is 1. The van der Waals surface area contributed by atoms with Gasteiger partial charge >= 0.3 is 0 Å². The minimum Gasteiger partial charge on any atom is -0.493 e. The van der Waals surface area contributed by atoms with Crippen LogP contribution in [0.5, 0.6) is 5.75 Å². The topological polar surface area (TPSA) is 122 Å². The van der Waals surface area contributed by atoms with Gasteiger partial charge in [0, 0.05) is 37.3 Å². The van der Waals surface area contributed by atoms with Crippen LogP contribution < -0.4 is 15.6 Å². The van der Waals surface area contributed by atoms with E-state index in [9.17, 15) is 18.0 Å². The second-order valence-electron chi connectivity index (χ2n) is 6.21. The third kappa shape index (κ3) is 3.27. The number of nitrogens with one attached hydrogen (secondary N) is 2. The number of carbonyl (C=O) groups excluding carboxylic acids is 1. The highest BCUT2D eigenvalue weighted by Gasteiger charge is 2.26. The molecule has 148 valence electrons. The lowest BCUT2D eigenvalue weighted by molar-refractivity contribution is 0.102. The second-order valence-corrected chi connectivity index (χ2v) is 8.29. The van der Waals surface area contributed by atoms with Crippen molar-refractivity contribution in [1.29, 1.82) is 0 Å². The molecular weight excluding hydrogens is 386 g/mol. The van der Waals surface area contributed by atoms with Crippen LogP contribution >= 0.6 is 0 Å². The third-order valence-electron chi connectivity index (χ3n) is 4.28. The Bertz CT molecular complexity index is 1220. The van der Waals surface area contributed by atoms with Crippen molar-refractivity contribution >= 4 is 32.6 Å². The molecule has 3 rings (SSSR count). The molecule has 0 radical (unpaired) electrons. The molecule has 3 aromatic rings. The first-order chi connectivity index (χ1) is 13.2. The molecule has 2 heterocycles. The maximum absolute atomic E-state index is 12.8. The molecule has 10 heteroatoms. The molecule has 0 spiro atoms. The number of methoxy groups -OCH3 is 1. The first-order valence-corrected chi connectivity index (χ1v) is 9.63. The number of furan rings is 1. The summed E-state index contributed by atoms with van der Waals surface area (Å²) >= 11 is 0. The Morgan fingerprint density at radius 3 is 2.61 bits per heavy atom. The molecule has 0 aliphatic rings. The molecular formula is C18H19N3O6S. The van der Waals surface area contributed by atoms with Gasteiger partial charge in [0.15, 0.2) is 11.3 Å². The molecule has 0 saturated heterocycles. The van der Waals surface area contributed by atoms with E-state index in [4.69, 9.17) is 9.15 Å². The number of pyridine rings is 1. The number of hydrogen-bond donors (Lipinski definition) is 2. The maximum Gasteiger partial charge on any atom is 0.275 e. The van der Waals surface area contributed by atoms with E-state index in [-0.39, 0.29) is 27.2 Å².